The Balaban J connectivity index is 2.30. The van der Waals surface area contributed by atoms with Crippen LogP contribution in [-0.4, -0.2) is 17.1 Å². The van der Waals surface area contributed by atoms with Gasteiger partial charge in [0, 0.05) is 0 Å². The van der Waals surface area contributed by atoms with Crippen molar-refractivity contribution in [1.29, 1.82) is 0 Å². The first-order valence-corrected chi connectivity index (χ1v) is 5.59. The number of aryl methyl sites for hydroxylation is 1. The summed E-state index contributed by atoms with van der Waals surface area (Å²) in [6.45, 7) is 1.95. The van der Waals surface area contributed by atoms with Crippen molar-refractivity contribution in [2.45, 2.75) is 6.92 Å². The second kappa shape index (κ2) is 5.10. The average molecular weight is 266 g/mol. The lowest BCUT2D eigenvalue weighted by Crippen LogP contribution is -1.99. The van der Waals surface area contributed by atoms with Gasteiger partial charge < -0.3 is 15.2 Å². The van der Waals surface area contributed by atoms with E-state index in [9.17, 15) is 0 Å². The van der Waals surface area contributed by atoms with Crippen LogP contribution in [-0.2, 0) is 0 Å². The number of nitrogens with zero attached hydrogens (tertiary/aromatic N) is 2. The minimum Gasteiger partial charge on any atom is -0.481 e. The molecule has 2 N–H and O–H groups in total. The molecule has 6 heteroatoms. The van der Waals surface area contributed by atoms with Crippen molar-refractivity contribution < 1.29 is 9.47 Å². The number of nitrogens with two attached hydrogens (primary N) is 1. The zero-order valence-electron chi connectivity index (χ0n) is 9.98. The van der Waals surface area contributed by atoms with Crippen LogP contribution in [0.3, 0.4) is 0 Å². The van der Waals surface area contributed by atoms with Crippen LogP contribution in [0.15, 0.2) is 24.3 Å². The smallest absolute Gasteiger partial charge is 0.227 e. The summed E-state index contributed by atoms with van der Waals surface area (Å²) >= 11 is 6.06. The molecule has 0 atom stereocenters. The molecule has 0 aliphatic heterocycles. The zero-order chi connectivity index (χ0) is 13.1. The first-order chi connectivity index (χ1) is 8.58. The number of anilines is 1. The predicted octanol–water partition coefficient (Wildman–Crippen LogP) is 2.82. The third kappa shape index (κ3) is 2.81. The van der Waals surface area contributed by atoms with Crippen molar-refractivity contribution in [3.05, 3.63) is 34.9 Å². The minimum atomic E-state index is 0.0765. The van der Waals surface area contributed by atoms with Crippen molar-refractivity contribution in [2.24, 2.45) is 0 Å². The molecule has 2 rings (SSSR count). The molecule has 1 heterocycles. The molecule has 1 aromatic carbocycles. The highest BCUT2D eigenvalue weighted by molar-refractivity contribution is 6.32. The Morgan fingerprint density at radius 1 is 1.17 bits per heavy atom. The Bertz CT molecular complexity index is 575. The van der Waals surface area contributed by atoms with E-state index < -0.39 is 0 Å². The molecule has 0 bridgehead atoms. The Morgan fingerprint density at radius 2 is 1.89 bits per heavy atom. The van der Waals surface area contributed by atoms with Crippen molar-refractivity contribution in [2.75, 3.05) is 12.8 Å². The quantitative estimate of drug-likeness (QED) is 0.924. The molecule has 0 fully saturated rings. The van der Waals surface area contributed by atoms with Crippen LogP contribution in [0.1, 0.15) is 5.56 Å². The number of halogens is 1. The summed E-state index contributed by atoms with van der Waals surface area (Å²) in [5.41, 5.74) is 6.58. The number of rotatable bonds is 3. The predicted molar refractivity (Wildman–Crippen MR) is 69.3 cm³/mol. The standard InChI is InChI=1S/C12H12ClN3O2/c1-7-3-4-9(8(13)5-7)18-11-6-10(17-2)15-12(14)16-11/h3-6H,1-2H3,(H2,14,15,16). The molecular weight excluding hydrogens is 254 g/mol. The van der Waals surface area contributed by atoms with E-state index >= 15 is 0 Å². The van der Waals surface area contributed by atoms with Crippen LogP contribution >= 0.6 is 11.6 Å². The van der Waals surface area contributed by atoms with E-state index in [1.165, 1.54) is 13.2 Å². The maximum atomic E-state index is 6.06. The van der Waals surface area contributed by atoms with Crippen molar-refractivity contribution in [3.8, 4) is 17.5 Å². The van der Waals surface area contributed by atoms with Gasteiger partial charge in [-0.05, 0) is 24.6 Å². The van der Waals surface area contributed by atoms with E-state index in [1.54, 1.807) is 12.1 Å². The fourth-order valence-electron chi connectivity index (χ4n) is 1.38. The monoisotopic (exact) mass is 265 g/mol. The number of aromatic nitrogens is 2. The summed E-state index contributed by atoms with van der Waals surface area (Å²) in [5, 5.41) is 0.506. The largest absolute Gasteiger partial charge is 0.481 e. The highest BCUT2D eigenvalue weighted by atomic mass is 35.5. The van der Waals surface area contributed by atoms with Gasteiger partial charge in [-0.2, -0.15) is 9.97 Å². The van der Waals surface area contributed by atoms with E-state index in [-0.39, 0.29) is 11.8 Å². The van der Waals surface area contributed by atoms with Crippen molar-refractivity contribution in [1.82, 2.24) is 9.97 Å². The number of hydrogen-bond donors (Lipinski definition) is 1. The van der Waals surface area contributed by atoms with Crippen LogP contribution in [0.5, 0.6) is 17.5 Å². The van der Waals surface area contributed by atoms with Gasteiger partial charge in [-0.15, -0.1) is 0 Å². The number of hydrogen-bond acceptors (Lipinski definition) is 5. The normalized spacial score (nSPS) is 10.2. The van der Waals surface area contributed by atoms with Gasteiger partial charge in [-0.3, -0.25) is 0 Å². The molecule has 2 aromatic rings. The first kappa shape index (κ1) is 12.4. The second-order valence-corrected chi connectivity index (χ2v) is 4.05. The molecule has 0 radical (unpaired) electrons. The lowest BCUT2D eigenvalue weighted by atomic mass is 10.2. The van der Waals surface area contributed by atoms with Gasteiger partial charge in [0.05, 0.1) is 18.2 Å². The fraction of sp³-hybridized carbons (Fsp3) is 0.167. The van der Waals surface area contributed by atoms with Gasteiger partial charge in [-0.1, -0.05) is 17.7 Å². The topological polar surface area (TPSA) is 70.3 Å². The summed E-state index contributed by atoms with van der Waals surface area (Å²) in [4.78, 5) is 7.81. The van der Waals surface area contributed by atoms with E-state index in [0.29, 0.717) is 16.7 Å². The lowest BCUT2D eigenvalue weighted by Gasteiger charge is -2.08. The molecular formula is C12H12ClN3O2. The van der Waals surface area contributed by atoms with Crippen LogP contribution in [0.2, 0.25) is 5.02 Å². The highest BCUT2D eigenvalue weighted by Crippen LogP contribution is 2.30. The summed E-state index contributed by atoms with van der Waals surface area (Å²) in [5.74, 6) is 1.20. The first-order valence-electron chi connectivity index (χ1n) is 5.21. The van der Waals surface area contributed by atoms with Gasteiger partial charge in [0.1, 0.15) is 5.75 Å². The molecule has 0 saturated carbocycles. The molecule has 18 heavy (non-hydrogen) atoms. The van der Waals surface area contributed by atoms with Gasteiger partial charge in [0.25, 0.3) is 0 Å². The molecule has 0 amide bonds. The van der Waals surface area contributed by atoms with Crippen molar-refractivity contribution >= 4 is 17.5 Å². The van der Waals surface area contributed by atoms with Gasteiger partial charge >= 0.3 is 0 Å². The molecule has 0 unspecified atom stereocenters. The van der Waals surface area contributed by atoms with Crippen LogP contribution in [0.25, 0.3) is 0 Å². The Hall–Kier alpha value is -2.01. The minimum absolute atomic E-state index is 0.0765. The molecule has 0 saturated heterocycles. The Kier molecular flexibility index (Phi) is 3.53. The van der Waals surface area contributed by atoms with E-state index in [1.807, 2.05) is 13.0 Å². The SMILES string of the molecule is COc1cc(Oc2ccc(C)cc2Cl)nc(N)n1. The Morgan fingerprint density at radius 3 is 2.56 bits per heavy atom. The average Bonchev–Trinajstić information content (AvgIpc) is 2.32. The van der Waals surface area contributed by atoms with Crippen LogP contribution < -0.4 is 15.2 Å². The number of nitrogen functional groups attached to an aromatic ring is 1. The second-order valence-electron chi connectivity index (χ2n) is 3.64. The van der Waals surface area contributed by atoms with E-state index in [0.717, 1.165) is 5.56 Å². The Labute approximate surface area is 110 Å². The third-order valence-electron chi connectivity index (χ3n) is 2.21. The molecule has 1 aromatic heterocycles. The third-order valence-corrected chi connectivity index (χ3v) is 2.50. The number of methoxy groups -OCH3 is 1. The molecule has 94 valence electrons. The van der Waals surface area contributed by atoms with Crippen molar-refractivity contribution in [3.63, 3.8) is 0 Å². The van der Waals surface area contributed by atoms with Crippen LogP contribution in [0, 0.1) is 6.92 Å². The summed E-state index contributed by atoms with van der Waals surface area (Å²) in [7, 11) is 1.49. The number of benzene rings is 1. The maximum Gasteiger partial charge on any atom is 0.227 e. The summed E-state index contributed by atoms with van der Waals surface area (Å²) < 4.78 is 10.5. The van der Waals surface area contributed by atoms with E-state index in [2.05, 4.69) is 9.97 Å². The molecule has 0 spiro atoms. The van der Waals surface area contributed by atoms with Gasteiger partial charge in [-0.25, -0.2) is 0 Å². The molecule has 5 nitrogen and oxygen atoms in total. The molecule has 0 aliphatic rings. The summed E-state index contributed by atoms with van der Waals surface area (Å²) in [6, 6.07) is 7.00. The van der Waals surface area contributed by atoms with E-state index in [4.69, 9.17) is 26.8 Å². The fourth-order valence-corrected chi connectivity index (χ4v) is 1.65. The summed E-state index contributed by atoms with van der Waals surface area (Å²) in [6.07, 6.45) is 0. The lowest BCUT2D eigenvalue weighted by molar-refractivity contribution is 0.389. The van der Waals surface area contributed by atoms with Gasteiger partial charge in [0.15, 0.2) is 0 Å². The number of ether oxygens (including phenoxy) is 2. The highest BCUT2D eigenvalue weighted by Gasteiger charge is 2.07. The molecule has 0 aliphatic carbocycles. The maximum absolute atomic E-state index is 6.06. The van der Waals surface area contributed by atoms with Crippen LogP contribution in [0.4, 0.5) is 5.95 Å². The van der Waals surface area contributed by atoms with Gasteiger partial charge in [0.2, 0.25) is 17.7 Å². The zero-order valence-corrected chi connectivity index (χ0v) is 10.7.